The van der Waals surface area contributed by atoms with Crippen LogP contribution in [0.25, 0.3) is 6.08 Å². The van der Waals surface area contributed by atoms with Gasteiger partial charge in [0.25, 0.3) is 0 Å². The number of nitrogens with zero attached hydrogens (tertiary/aromatic N) is 2. The second-order valence-electron chi connectivity index (χ2n) is 5.35. The van der Waals surface area contributed by atoms with E-state index in [0.29, 0.717) is 28.6 Å². The van der Waals surface area contributed by atoms with Gasteiger partial charge in [-0.3, -0.25) is 9.59 Å². The van der Waals surface area contributed by atoms with Crippen LogP contribution in [0.5, 0.6) is 0 Å². The molecule has 1 aromatic heterocycles. The van der Waals surface area contributed by atoms with Gasteiger partial charge in [0.05, 0.1) is 23.8 Å². The zero-order valence-electron chi connectivity index (χ0n) is 13.2. The van der Waals surface area contributed by atoms with E-state index in [4.69, 9.17) is 9.68 Å². The van der Waals surface area contributed by atoms with Crippen molar-refractivity contribution in [3.8, 4) is 6.07 Å². The molecular weight excluding hydrogens is 338 g/mol. The zero-order valence-corrected chi connectivity index (χ0v) is 14.0. The Morgan fingerprint density at radius 3 is 2.80 bits per heavy atom. The summed E-state index contributed by atoms with van der Waals surface area (Å²) in [4.78, 5) is 26.4. The molecule has 2 amide bonds. The number of amides is 2. The van der Waals surface area contributed by atoms with Gasteiger partial charge in [-0.15, -0.1) is 11.8 Å². The molecule has 1 atom stereocenters. The van der Waals surface area contributed by atoms with E-state index in [2.05, 4.69) is 5.32 Å². The fraction of sp³-hybridized carbons (Fsp3) is 0.167. The van der Waals surface area contributed by atoms with E-state index in [9.17, 15) is 9.59 Å². The largest absolute Gasteiger partial charge is 0.465 e. The molecule has 126 valence electrons. The van der Waals surface area contributed by atoms with Crippen LogP contribution >= 0.6 is 11.8 Å². The molecule has 1 aliphatic rings. The van der Waals surface area contributed by atoms with Crippen molar-refractivity contribution in [2.24, 2.45) is 0 Å². The molecule has 0 saturated carbocycles. The molecule has 6 nitrogen and oxygen atoms in total. The molecule has 0 radical (unpaired) electrons. The molecule has 0 aliphatic carbocycles. The van der Waals surface area contributed by atoms with Gasteiger partial charge in [-0.2, -0.15) is 5.26 Å². The number of anilines is 1. The molecule has 1 N–H and O–H groups in total. The Labute approximate surface area is 149 Å². The van der Waals surface area contributed by atoms with Crippen LogP contribution in [0.3, 0.4) is 0 Å². The lowest BCUT2D eigenvalue weighted by Crippen LogP contribution is -2.43. The van der Waals surface area contributed by atoms with Gasteiger partial charge in [0.2, 0.25) is 11.8 Å². The molecule has 25 heavy (non-hydrogen) atoms. The fourth-order valence-electron chi connectivity index (χ4n) is 2.37. The zero-order chi connectivity index (χ0) is 17.6. The van der Waals surface area contributed by atoms with Crippen molar-refractivity contribution < 1.29 is 14.0 Å². The maximum Gasteiger partial charge on any atom is 0.248 e. The lowest BCUT2D eigenvalue weighted by molar-refractivity contribution is -0.132. The van der Waals surface area contributed by atoms with Crippen LogP contribution in [0.15, 0.2) is 53.2 Å². The number of furan rings is 1. The van der Waals surface area contributed by atoms with Gasteiger partial charge < -0.3 is 14.6 Å². The molecular formula is C18H15N3O3S. The van der Waals surface area contributed by atoms with E-state index in [0.717, 1.165) is 0 Å². The third-order valence-corrected chi connectivity index (χ3v) is 4.70. The van der Waals surface area contributed by atoms with Crippen molar-refractivity contribution in [3.05, 3.63) is 60.1 Å². The molecule has 1 aliphatic heterocycles. The summed E-state index contributed by atoms with van der Waals surface area (Å²) in [5.41, 5.74) is 1.12. The summed E-state index contributed by atoms with van der Waals surface area (Å²) in [5.74, 6) is 1.12. The van der Waals surface area contributed by atoms with Crippen LogP contribution in [0.4, 0.5) is 5.69 Å². The molecule has 3 rings (SSSR count). The second kappa shape index (κ2) is 7.73. The number of thioether (sulfide) groups is 1. The number of hydrogen-bond acceptors (Lipinski definition) is 5. The predicted octanol–water partition coefficient (Wildman–Crippen LogP) is 2.70. The Bertz CT molecular complexity index is 822. The van der Waals surface area contributed by atoms with E-state index in [1.54, 1.807) is 42.5 Å². The summed E-state index contributed by atoms with van der Waals surface area (Å²) < 4.78 is 5.15. The van der Waals surface area contributed by atoms with Crippen molar-refractivity contribution in [3.63, 3.8) is 0 Å². The Morgan fingerprint density at radius 1 is 1.32 bits per heavy atom. The summed E-state index contributed by atoms with van der Waals surface area (Å²) in [5, 5.41) is 11.6. The van der Waals surface area contributed by atoms with Crippen LogP contribution in [0, 0.1) is 11.3 Å². The van der Waals surface area contributed by atoms with Gasteiger partial charge in [-0.25, -0.2) is 0 Å². The first-order chi connectivity index (χ1) is 12.2. The van der Waals surface area contributed by atoms with Crippen molar-refractivity contribution in [1.29, 1.82) is 5.26 Å². The number of rotatable bonds is 4. The smallest absolute Gasteiger partial charge is 0.248 e. The van der Waals surface area contributed by atoms with E-state index in [1.807, 2.05) is 6.07 Å². The molecule has 2 heterocycles. The second-order valence-corrected chi connectivity index (χ2v) is 6.35. The minimum Gasteiger partial charge on any atom is -0.465 e. The first-order valence-corrected chi connectivity index (χ1v) is 8.74. The van der Waals surface area contributed by atoms with E-state index < -0.39 is 6.04 Å². The van der Waals surface area contributed by atoms with Gasteiger partial charge in [0, 0.05) is 17.5 Å². The minimum atomic E-state index is -0.533. The SMILES string of the molecule is N#Cc1ccc(NC(=O)C2CSCN2C(=O)C=Cc2ccco2)cc1. The number of benzene rings is 1. The Hall–Kier alpha value is -2.98. The van der Waals surface area contributed by atoms with Crippen LogP contribution in [-0.4, -0.2) is 34.4 Å². The van der Waals surface area contributed by atoms with Gasteiger partial charge >= 0.3 is 0 Å². The summed E-state index contributed by atoms with van der Waals surface area (Å²) in [6.07, 6.45) is 4.53. The molecule has 1 fully saturated rings. The van der Waals surface area contributed by atoms with Crippen LogP contribution in [-0.2, 0) is 9.59 Å². The predicted molar refractivity (Wildman–Crippen MR) is 95.5 cm³/mol. The molecule has 0 bridgehead atoms. The first kappa shape index (κ1) is 16.9. The number of nitriles is 1. The highest BCUT2D eigenvalue weighted by molar-refractivity contribution is 7.99. The minimum absolute atomic E-state index is 0.235. The highest BCUT2D eigenvalue weighted by Crippen LogP contribution is 2.23. The Balaban J connectivity index is 1.64. The van der Waals surface area contributed by atoms with Gasteiger partial charge in [-0.1, -0.05) is 0 Å². The number of hydrogen-bond donors (Lipinski definition) is 1. The first-order valence-electron chi connectivity index (χ1n) is 7.58. The summed E-state index contributed by atoms with van der Waals surface area (Å²) in [6, 6.07) is 11.6. The molecule has 2 aromatic rings. The average Bonchev–Trinajstić information content (AvgIpc) is 3.32. The van der Waals surface area contributed by atoms with Crippen LogP contribution in [0.1, 0.15) is 11.3 Å². The lowest BCUT2D eigenvalue weighted by atomic mass is 10.2. The highest BCUT2D eigenvalue weighted by atomic mass is 32.2. The maximum absolute atomic E-state index is 12.5. The van der Waals surface area contributed by atoms with Crippen molar-refractivity contribution in [2.75, 3.05) is 16.9 Å². The quantitative estimate of drug-likeness (QED) is 0.854. The molecule has 1 aromatic carbocycles. The third kappa shape index (κ3) is 4.11. The van der Waals surface area contributed by atoms with Gasteiger partial charge in [0.1, 0.15) is 11.8 Å². The monoisotopic (exact) mass is 353 g/mol. The maximum atomic E-state index is 12.5. The molecule has 1 saturated heterocycles. The summed E-state index contributed by atoms with van der Waals surface area (Å²) in [6.45, 7) is 0. The van der Waals surface area contributed by atoms with Crippen molar-refractivity contribution in [1.82, 2.24) is 4.90 Å². The standard InChI is InChI=1S/C18H15N3O3S/c19-10-13-3-5-14(6-4-13)20-18(23)16-11-25-12-21(16)17(22)8-7-15-2-1-9-24-15/h1-9,16H,11-12H2,(H,20,23). The molecule has 0 spiro atoms. The summed E-state index contributed by atoms with van der Waals surface area (Å²) in [7, 11) is 0. The van der Waals surface area contributed by atoms with Crippen LogP contribution in [0.2, 0.25) is 0 Å². The molecule has 1 unspecified atom stereocenters. The van der Waals surface area contributed by atoms with E-state index in [-0.39, 0.29) is 11.8 Å². The fourth-order valence-corrected chi connectivity index (χ4v) is 3.53. The van der Waals surface area contributed by atoms with Gasteiger partial charge in [0.15, 0.2) is 0 Å². The van der Waals surface area contributed by atoms with Crippen molar-refractivity contribution >= 4 is 35.3 Å². The van der Waals surface area contributed by atoms with Crippen molar-refractivity contribution in [2.45, 2.75) is 6.04 Å². The average molecular weight is 353 g/mol. The summed E-state index contributed by atoms with van der Waals surface area (Å²) >= 11 is 1.53. The normalized spacial score (nSPS) is 16.8. The number of nitrogens with one attached hydrogen (secondary N) is 1. The Morgan fingerprint density at radius 2 is 2.12 bits per heavy atom. The van der Waals surface area contributed by atoms with Gasteiger partial charge in [-0.05, 0) is 42.5 Å². The number of carbonyl (C=O) groups excluding carboxylic acids is 2. The molecule has 7 heteroatoms. The Kier molecular flexibility index (Phi) is 5.21. The third-order valence-electron chi connectivity index (χ3n) is 3.68. The lowest BCUT2D eigenvalue weighted by Gasteiger charge is -2.21. The number of carbonyl (C=O) groups is 2. The van der Waals surface area contributed by atoms with E-state index >= 15 is 0 Å². The highest BCUT2D eigenvalue weighted by Gasteiger charge is 2.33. The van der Waals surface area contributed by atoms with E-state index in [1.165, 1.54) is 29.0 Å². The van der Waals surface area contributed by atoms with Crippen LogP contribution < -0.4 is 5.32 Å². The topological polar surface area (TPSA) is 86.3 Å².